The number of rotatable bonds is 4. The average Bonchev–Trinajstić information content (AvgIpc) is 2.75. The van der Waals surface area contributed by atoms with Crippen LogP contribution in [0.2, 0.25) is 0 Å². The average molecular weight is 267 g/mol. The predicted molar refractivity (Wildman–Crippen MR) is 73.3 cm³/mol. The zero-order valence-electron chi connectivity index (χ0n) is 11.5. The smallest absolute Gasteiger partial charge is 0.333 e. The maximum atomic E-state index is 11.3. The third kappa shape index (κ3) is 2.42. The van der Waals surface area contributed by atoms with Crippen molar-refractivity contribution in [1.29, 1.82) is 0 Å². The highest BCUT2D eigenvalue weighted by Gasteiger charge is 2.33. The summed E-state index contributed by atoms with van der Waals surface area (Å²) in [6, 6.07) is 0.175. The lowest BCUT2D eigenvalue weighted by Crippen LogP contribution is -2.45. The molecule has 7 heteroatoms. The van der Waals surface area contributed by atoms with Gasteiger partial charge in [0.2, 0.25) is 5.82 Å². The maximum absolute atomic E-state index is 11.3. The molecule has 1 fully saturated rings. The highest BCUT2D eigenvalue weighted by molar-refractivity contribution is 5.62. The van der Waals surface area contributed by atoms with Crippen molar-refractivity contribution in [3.05, 3.63) is 15.8 Å². The topological polar surface area (TPSA) is 90.2 Å². The number of nitrogens with two attached hydrogens (primary N) is 1. The SMILES string of the molecule is CCn1nc(C)c([N+](=O)[O-])c1N1CCCCC1CN. The van der Waals surface area contributed by atoms with Crippen LogP contribution in [0.4, 0.5) is 11.5 Å². The highest BCUT2D eigenvalue weighted by Crippen LogP contribution is 2.35. The van der Waals surface area contributed by atoms with Crippen molar-refractivity contribution in [2.24, 2.45) is 5.73 Å². The van der Waals surface area contributed by atoms with Crippen LogP contribution in [0.1, 0.15) is 31.9 Å². The van der Waals surface area contributed by atoms with E-state index >= 15 is 0 Å². The highest BCUT2D eigenvalue weighted by atomic mass is 16.6. The summed E-state index contributed by atoms with van der Waals surface area (Å²) < 4.78 is 1.72. The molecule has 1 atom stereocenters. The van der Waals surface area contributed by atoms with E-state index in [1.54, 1.807) is 11.6 Å². The Hall–Kier alpha value is -1.63. The van der Waals surface area contributed by atoms with Crippen LogP contribution in [-0.2, 0) is 6.54 Å². The largest absolute Gasteiger partial charge is 0.347 e. The molecule has 1 aromatic heterocycles. The van der Waals surface area contributed by atoms with Crippen LogP contribution >= 0.6 is 0 Å². The van der Waals surface area contributed by atoms with Crippen molar-refractivity contribution in [3.8, 4) is 0 Å². The van der Waals surface area contributed by atoms with E-state index in [4.69, 9.17) is 5.73 Å². The van der Waals surface area contributed by atoms with Gasteiger partial charge < -0.3 is 10.6 Å². The Morgan fingerprint density at radius 2 is 2.26 bits per heavy atom. The van der Waals surface area contributed by atoms with Gasteiger partial charge in [0.1, 0.15) is 5.69 Å². The second-order valence-corrected chi connectivity index (χ2v) is 4.91. The minimum absolute atomic E-state index is 0.127. The van der Waals surface area contributed by atoms with Crippen LogP contribution in [-0.4, -0.2) is 33.8 Å². The van der Waals surface area contributed by atoms with E-state index in [-0.39, 0.29) is 16.7 Å². The summed E-state index contributed by atoms with van der Waals surface area (Å²) in [6.07, 6.45) is 3.16. The number of hydrogen-bond donors (Lipinski definition) is 1. The number of nitrogens with zero attached hydrogens (tertiary/aromatic N) is 4. The first-order valence-electron chi connectivity index (χ1n) is 6.78. The minimum atomic E-state index is -0.327. The molecule has 0 saturated carbocycles. The molecule has 0 aliphatic carbocycles. The third-order valence-electron chi connectivity index (χ3n) is 3.72. The van der Waals surface area contributed by atoms with E-state index < -0.39 is 0 Å². The first-order valence-corrected chi connectivity index (χ1v) is 6.78. The predicted octanol–water partition coefficient (Wildman–Crippen LogP) is 1.44. The van der Waals surface area contributed by atoms with E-state index in [9.17, 15) is 10.1 Å². The summed E-state index contributed by atoms with van der Waals surface area (Å²) in [6.45, 7) is 5.59. The lowest BCUT2D eigenvalue weighted by molar-refractivity contribution is -0.384. The summed E-state index contributed by atoms with van der Waals surface area (Å²) in [5, 5.41) is 15.6. The standard InChI is InChI=1S/C12H21N5O2/c1-3-16-12(11(17(18)19)9(2)14-16)15-7-5-4-6-10(15)8-13/h10H,3-8,13H2,1-2H3. The molecular formula is C12H21N5O2. The summed E-state index contributed by atoms with van der Waals surface area (Å²) in [5.41, 5.74) is 6.42. The molecule has 1 aliphatic heterocycles. The Balaban J connectivity index is 2.49. The molecule has 0 amide bonds. The van der Waals surface area contributed by atoms with E-state index in [0.717, 1.165) is 25.8 Å². The quantitative estimate of drug-likeness (QED) is 0.658. The maximum Gasteiger partial charge on any atom is 0.333 e. The first-order chi connectivity index (χ1) is 9.10. The van der Waals surface area contributed by atoms with E-state index in [1.807, 2.05) is 6.92 Å². The van der Waals surface area contributed by atoms with Crippen molar-refractivity contribution in [2.75, 3.05) is 18.0 Å². The van der Waals surface area contributed by atoms with Crippen molar-refractivity contribution in [1.82, 2.24) is 9.78 Å². The monoisotopic (exact) mass is 267 g/mol. The lowest BCUT2D eigenvalue weighted by Gasteiger charge is -2.36. The Bertz CT molecular complexity index is 471. The molecule has 0 radical (unpaired) electrons. The zero-order valence-corrected chi connectivity index (χ0v) is 11.5. The van der Waals surface area contributed by atoms with Crippen molar-refractivity contribution >= 4 is 11.5 Å². The summed E-state index contributed by atoms with van der Waals surface area (Å²) in [7, 11) is 0. The lowest BCUT2D eigenvalue weighted by atomic mass is 10.0. The fourth-order valence-corrected chi connectivity index (χ4v) is 2.80. The van der Waals surface area contributed by atoms with Crippen LogP contribution in [0, 0.1) is 17.0 Å². The van der Waals surface area contributed by atoms with E-state index in [2.05, 4.69) is 10.00 Å². The number of aryl methyl sites for hydroxylation is 2. The number of hydrogen-bond acceptors (Lipinski definition) is 5. The fourth-order valence-electron chi connectivity index (χ4n) is 2.80. The molecule has 0 spiro atoms. The molecule has 7 nitrogen and oxygen atoms in total. The first kappa shape index (κ1) is 13.8. The van der Waals surface area contributed by atoms with Crippen molar-refractivity contribution in [3.63, 3.8) is 0 Å². The Kier molecular flexibility index (Phi) is 4.04. The molecule has 2 heterocycles. The molecule has 19 heavy (non-hydrogen) atoms. The van der Waals surface area contributed by atoms with Crippen LogP contribution in [0.3, 0.4) is 0 Å². The van der Waals surface area contributed by atoms with Gasteiger partial charge in [-0.2, -0.15) is 5.10 Å². The van der Waals surface area contributed by atoms with Gasteiger partial charge in [-0.3, -0.25) is 10.1 Å². The molecule has 106 valence electrons. The van der Waals surface area contributed by atoms with Gasteiger partial charge in [-0.15, -0.1) is 0 Å². The van der Waals surface area contributed by atoms with Gasteiger partial charge in [-0.25, -0.2) is 4.68 Å². The van der Waals surface area contributed by atoms with Gasteiger partial charge in [0, 0.05) is 25.7 Å². The normalized spacial score (nSPS) is 19.7. The number of nitro groups is 1. The van der Waals surface area contributed by atoms with Gasteiger partial charge in [-0.05, 0) is 33.1 Å². The molecule has 1 aromatic rings. The van der Waals surface area contributed by atoms with Crippen molar-refractivity contribution < 1.29 is 4.92 Å². The van der Waals surface area contributed by atoms with Crippen molar-refractivity contribution in [2.45, 2.75) is 45.7 Å². The Morgan fingerprint density at radius 1 is 1.53 bits per heavy atom. The van der Waals surface area contributed by atoms with Gasteiger partial charge in [0.15, 0.2) is 0 Å². The molecular weight excluding hydrogens is 246 g/mol. The fraction of sp³-hybridized carbons (Fsp3) is 0.750. The molecule has 2 rings (SSSR count). The molecule has 2 N–H and O–H groups in total. The molecule has 1 saturated heterocycles. The summed E-state index contributed by atoms with van der Waals surface area (Å²) >= 11 is 0. The number of aromatic nitrogens is 2. The van der Waals surface area contributed by atoms with Gasteiger partial charge in [-0.1, -0.05) is 0 Å². The minimum Gasteiger partial charge on any atom is -0.347 e. The molecule has 1 unspecified atom stereocenters. The second-order valence-electron chi connectivity index (χ2n) is 4.91. The molecule has 0 bridgehead atoms. The van der Waals surface area contributed by atoms with Crippen LogP contribution in [0.15, 0.2) is 0 Å². The van der Waals surface area contributed by atoms with Gasteiger partial charge in [0.05, 0.1) is 4.92 Å². The molecule has 1 aliphatic rings. The number of piperidine rings is 1. The van der Waals surface area contributed by atoms with Gasteiger partial charge >= 0.3 is 5.69 Å². The van der Waals surface area contributed by atoms with Crippen LogP contribution < -0.4 is 10.6 Å². The Labute approximate surface area is 112 Å². The Morgan fingerprint density at radius 3 is 2.84 bits per heavy atom. The van der Waals surface area contributed by atoms with Crippen LogP contribution in [0.5, 0.6) is 0 Å². The molecule has 0 aromatic carbocycles. The van der Waals surface area contributed by atoms with E-state index in [1.165, 1.54) is 0 Å². The zero-order chi connectivity index (χ0) is 14.0. The summed E-state index contributed by atoms with van der Waals surface area (Å²) in [4.78, 5) is 13.1. The number of anilines is 1. The van der Waals surface area contributed by atoms with E-state index in [0.29, 0.717) is 24.6 Å². The second kappa shape index (κ2) is 5.56. The van der Waals surface area contributed by atoms with Crippen LogP contribution in [0.25, 0.3) is 0 Å². The third-order valence-corrected chi connectivity index (χ3v) is 3.72. The van der Waals surface area contributed by atoms with Gasteiger partial charge in [0.25, 0.3) is 0 Å². The summed E-state index contributed by atoms with van der Waals surface area (Å²) in [5.74, 6) is 0.625.